The van der Waals surface area contributed by atoms with E-state index in [-0.39, 0.29) is 16.7 Å². The molecule has 5 rings (SSSR count). The van der Waals surface area contributed by atoms with Gasteiger partial charge in [-0.15, -0.1) is 5.10 Å². The first-order valence-electron chi connectivity index (χ1n) is 12.3. The van der Waals surface area contributed by atoms with Crippen LogP contribution in [0.1, 0.15) is 55.6 Å². The summed E-state index contributed by atoms with van der Waals surface area (Å²) in [5.74, 6) is 1.72. The van der Waals surface area contributed by atoms with Crippen LogP contribution in [0.3, 0.4) is 0 Å². The van der Waals surface area contributed by atoms with Crippen molar-refractivity contribution >= 4 is 11.4 Å². The Kier molecular flexibility index (Phi) is 6.89. The summed E-state index contributed by atoms with van der Waals surface area (Å²) in [5.41, 5.74) is 2.26. The maximum Gasteiger partial charge on any atom is 0.269 e. The number of nitro benzene ring substituents is 1. The van der Waals surface area contributed by atoms with Crippen molar-refractivity contribution in [2.24, 2.45) is 0 Å². The van der Waals surface area contributed by atoms with Crippen molar-refractivity contribution in [3.05, 3.63) is 70.0 Å². The van der Waals surface area contributed by atoms with Crippen LogP contribution >= 0.6 is 0 Å². The summed E-state index contributed by atoms with van der Waals surface area (Å²) in [5, 5.41) is 24.1. The Morgan fingerprint density at radius 2 is 1.66 bits per heavy atom. The Hall–Kier alpha value is -3.53. The second kappa shape index (κ2) is 10.4. The molecule has 1 saturated carbocycles. The fourth-order valence-corrected chi connectivity index (χ4v) is 5.30. The van der Waals surface area contributed by atoms with Gasteiger partial charge >= 0.3 is 0 Å². The predicted octanol–water partition coefficient (Wildman–Crippen LogP) is 4.01. The van der Waals surface area contributed by atoms with Crippen molar-refractivity contribution < 1.29 is 9.66 Å². The number of nitrogens with zero attached hydrogens (tertiary/aromatic N) is 7. The summed E-state index contributed by atoms with van der Waals surface area (Å²) in [6.07, 6.45) is 5.93. The Morgan fingerprint density at radius 1 is 0.971 bits per heavy atom. The quantitative estimate of drug-likeness (QED) is 0.372. The number of piperazine rings is 1. The van der Waals surface area contributed by atoms with E-state index < -0.39 is 0 Å². The molecule has 2 aliphatic rings. The normalized spacial score (nSPS) is 18.4. The smallest absolute Gasteiger partial charge is 0.269 e. The first-order valence-corrected chi connectivity index (χ1v) is 12.3. The molecule has 2 fully saturated rings. The number of non-ortho nitro benzene ring substituents is 1. The molecule has 35 heavy (non-hydrogen) atoms. The standard InChI is InChI=1S/C25H31N7O3/c1-35-23-13-7-19(8-14-23)24(25-26-27-28-31(25)21-5-3-2-4-6-21)30-17-15-29(16-18-30)20-9-11-22(12-10-20)32(33)34/h7-14,21,24H,2-6,15-18H2,1H3/t24-/m1/s1. The Labute approximate surface area is 204 Å². The highest BCUT2D eigenvalue weighted by molar-refractivity contribution is 5.51. The van der Waals surface area contributed by atoms with Gasteiger partial charge in [-0.05, 0) is 53.1 Å². The van der Waals surface area contributed by atoms with Gasteiger partial charge in [-0.2, -0.15) is 0 Å². The van der Waals surface area contributed by atoms with Crippen LogP contribution in [0.15, 0.2) is 48.5 Å². The molecule has 1 atom stereocenters. The van der Waals surface area contributed by atoms with Crippen LogP contribution in [0, 0.1) is 10.1 Å². The second-order valence-corrected chi connectivity index (χ2v) is 9.25. The first kappa shape index (κ1) is 23.2. The number of ether oxygens (including phenoxy) is 1. The van der Waals surface area contributed by atoms with E-state index in [0.717, 1.165) is 61.8 Å². The maximum absolute atomic E-state index is 11.0. The molecule has 184 valence electrons. The minimum Gasteiger partial charge on any atom is -0.497 e. The molecular formula is C25H31N7O3. The molecule has 2 heterocycles. The molecule has 1 aromatic heterocycles. The number of aromatic nitrogens is 4. The Morgan fingerprint density at radius 3 is 2.29 bits per heavy atom. The van der Waals surface area contributed by atoms with Crippen LogP contribution in [-0.4, -0.2) is 63.3 Å². The molecule has 0 unspecified atom stereocenters. The molecule has 2 aromatic carbocycles. The van der Waals surface area contributed by atoms with Crippen molar-refractivity contribution in [3.8, 4) is 5.75 Å². The SMILES string of the molecule is COc1ccc([C@H](c2nnnn2C2CCCCC2)N2CCN(c3ccc([N+](=O)[O-])cc3)CC2)cc1. The highest BCUT2D eigenvalue weighted by Gasteiger charge is 2.33. The molecule has 3 aromatic rings. The molecule has 0 N–H and O–H groups in total. The lowest BCUT2D eigenvalue weighted by molar-refractivity contribution is -0.384. The lowest BCUT2D eigenvalue weighted by atomic mass is 9.95. The molecule has 1 saturated heterocycles. The molecule has 1 aliphatic carbocycles. The van der Waals surface area contributed by atoms with Crippen LogP contribution < -0.4 is 9.64 Å². The molecule has 0 bridgehead atoms. The molecule has 10 nitrogen and oxygen atoms in total. The summed E-state index contributed by atoms with van der Waals surface area (Å²) in [6, 6.07) is 15.3. The summed E-state index contributed by atoms with van der Waals surface area (Å²) >= 11 is 0. The molecule has 0 radical (unpaired) electrons. The monoisotopic (exact) mass is 477 g/mol. The zero-order valence-corrected chi connectivity index (χ0v) is 20.0. The molecule has 0 spiro atoms. The largest absolute Gasteiger partial charge is 0.497 e. The lowest BCUT2D eigenvalue weighted by Crippen LogP contribution is -2.48. The van der Waals surface area contributed by atoms with E-state index in [9.17, 15) is 10.1 Å². The van der Waals surface area contributed by atoms with Crippen molar-refractivity contribution in [2.45, 2.75) is 44.2 Å². The van der Waals surface area contributed by atoms with Crippen LogP contribution in [-0.2, 0) is 0 Å². The van der Waals surface area contributed by atoms with Gasteiger partial charge in [0.15, 0.2) is 5.82 Å². The minimum absolute atomic E-state index is 0.0585. The molecule has 10 heteroatoms. The Bertz CT molecular complexity index is 1120. The summed E-state index contributed by atoms with van der Waals surface area (Å²) in [7, 11) is 1.67. The number of anilines is 1. The first-order chi connectivity index (χ1) is 17.1. The van der Waals surface area contributed by atoms with E-state index in [0.29, 0.717) is 6.04 Å². The van der Waals surface area contributed by atoms with Gasteiger partial charge in [-0.3, -0.25) is 15.0 Å². The van der Waals surface area contributed by atoms with E-state index in [1.807, 2.05) is 24.3 Å². The van der Waals surface area contributed by atoms with Gasteiger partial charge < -0.3 is 9.64 Å². The fourth-order valence-electron chi connectivity index (χ4n) is 5.30. The zero-order chi connectivity index (χ0) is 24.2. The number of tetrazole rings is 1. The van der Waals surface area contributed by atoms with Gasteiger partial charge in [-0.25, -0.2) is 4.68 Å². The predicted molar refractivity (Wildman–Crippen MR) is 132 cm³/mol. The third-order valence-electron chi connectivity index (χ3n) is 7.22. The van der Waals surface area contributed by atoms with Gasteiger partial charge in [0.1, 0.15) is 5.75 Å². The summed E-state index contributed by atoms with van der Waals surface area (Å²) < 4.78 is 7.45. The second-order valence-electron chi connectivity index (χ2n) is 9.25. The highest BCUT2D eigenvalue weighted by Crippen LogP contribution is 2.34. The van der Waals surface area contributed by atoms with Crippen LogP contribution in [0.5, 0.6) is 5.75 Å². The van der Waals surface area contributed by atoms with Crippen LogP contribution in [0.25, 0.3) is 0 Å². The highest BCUT2D eigenvalue weighted by atomic mass is 16.6. The minimum atomic E-state index is -0.363. The molecule has 0 amide bonds. The summed E-state index contributed by atoms with van der Waals surface area (Å²) in [6.45, 7) is 3.28. The van der Waals surface area contributed by atoms with Crippen LogP contribution in [0.2, 0.25) is 0 Å². The third-order valence-corrected chi connectivity index (χ3v) is 7.22. The van der Waals surface area contributed by atoms with E-state index in [1.165, 1.54) is 19.3 Å². The van der Waals surface area contributed by atoms with E-state index in [4.69, 9.17) is 4.74 Å². The maximum atomic E-state index is 11.0. The lowest BCUT2D eigenvalue weighted by Gasteiger charge is -2.40. The van der Waals surface area contributed by atoms with Crippen molar-refractivity contribution in [1.82, 2.24) is 25.1 Å². The zero-order valence-electron chi connectivity index (χ0n) is 20.0. The van der Waals surface area contributed by atoms with Gasteiger partial charge in [0.2, 0.25) is 0 Å². The number of hydrogen-bond donors (Lipinski definition) is 0. The third kappa shape index (κ3) is 4.97. The number of benzene rings is 2. The topological polar surface area (TPSA) is 102 Å². The average molecular weight is 478 g/mol. The van der Waals surface area contributed by atoms with Gasteiger partial charge in [-0.1, -0.05) is 31.4 Å². The van der Waals surface area contributed by atoms with E-state index in [2.05, 4.69) is 42.1 Å². The Balaban J connectivity index is 1.39. The molecular weight excluding hydrogens is 446 g/mol. The number of methoxy groups -OCH3 is 1. The van der Waals surface area contributed by atoms with Crippen molar-refractivity contribution in [1.29, 1.82) is 0 Å². The van der Waals surface area contributed by atoms with Crippen LogP contribution in [0.4, 0.5) is 11.4 Å². The van der Waals surface area contributed by atoms with E-state index in [1.54, 1.807) is 19.2 Å². The van der Waals surface area contributed by atoms with Gasteiger partial charge in [0.05, 0.1) is 24.1 Å². The summed E-state index contributed by atoms with van der Waals surface area (Å²) in [4.78, 5) is 15.3. The van der Waals surface area contributed by atoms with Crippen molar-refractivity contribution in [3.63, 3.8) is 0 Å². The molecule has 1 aliphatic heterocycles. The number of nitro groups is 1. The van der Waals surface area contributed by atoms with Gasteiger partial charge in [0, 0.05) is 44.0 Å². The number of rotatable bonds is 7. The van der Waals surface area contributed by atoms with Crippen molar-refractivity contribution in [2.75, 3.05) is 38.2 Å². The van der Waals surface area contributed by atoms with E-state index >= 15 is 0 Å². The fraction of sp³-hybridized carbons (Fsp3) is 0.480. The average Bonchev–Trinajstić information content (AvgIpc) is 3.40. The number of hydrogen-bond acceptors (Lipinski definition) is 8. The van der Waals surface area contributed by atoms with Gasteiger partial charge in [0.25, 0.3) is 5.69 Å².